The summed E-state index contributed by atoms with van der Waals surface area (Å²) in [5.74, 6) is 1.09. The summed E-state index contributed by atoms with van der Waals surface area (Å²) < 4.78 is 33.5. The highest BCUT2D eigenvalue weighted by molar-refractivity contribution is 7.92. The molecule has 12 nitrogen and oxygen atoms in total. The number of hydrogen-bond acceptors (Lipinski definition) is 10. The van der Waals surface area contributed by atoms with Crippen molar-refractivity contribution < 1.29 is 18.3 Å². The summed E-state index contributed by atoms with van der Waals surface area (Å²) in [5.41, 5.74) is 4.72. The van der Waals surface area contributed by atoms with E-state index in [2.05, 4.69) is 37.1 Å². The molecule has 2 fully saturated rings. The minimum Gasteiger partial charge on any atom is -0.494 e. The van der Waals surface area contributed by atoms with E-state index in [4.69, 9.17) is 9.84 Å². The molecule has 4 heterocycles. The summed E-state index contributed by atoms with van der Waals surface area (Å²) in [4.78, 5) is 12.0. The highest BCUT2D eigenvalue weighted by Crippen LogP contribution is 2.35. The molecule has 0 amide bonds. The van der Waals surface area contributed by atoms with Crippen LogP contribution in [0.4, 0.5) is 23.0 Å². The lowest BCUT2D eigenvalue weighted by Crippen LogP contribution is -2.46. The molecule has 13 heteroatoms. The summed E-state index contributed by atoms with van der Waals surface area (Å²) >= 11 is 0. The van der Waals surface area contributed by atoms with Crippen molar-refractivity contribution >= 4 is 38.6 Å². The van der Waals surface area contributed by atoms with Crippen LogP contribution in [0.15, 0.2) is 60.8 Å². The van der Waals surface area contributed by atoms with E-state index < -0.39 is 10.0 Å². The van der Waals surface area contributed by atoms with Gasteiger partial charge in [-0.3, -0.25) is 14.1 Å². The van der Waals surface area contributed by atoms with Crippen molar-refractivity contribution in [3.8, 4) is 17.0 Å². The third-order valence-corrected chi connectivity index (χ3v) is 10.4. The number of anilines is 4. The number of piperidine rings is 1. The van der Waals surface area contributed by atoms with Gasteiger partial charge in [-0.15, -0.1) is 5.10 Å². The predicted octanol–water partition coefficient (Wildman–Crippen LogP) is 3.51. The number of aliphatic hydroxyl groups excluding tert-OH is 1. The predicted molar refractivity (Wildman–Crippen MR) is 183 cm³/mol. The smallest absolute Gasteiger partial charge is 0.245 e. The number of para-hydroxylation sites is 1. The zero-order valence-corrected chi connectivity index (χ0v) is 27.7. The monoisotopic (exact) mass is 648 g/mol. The number of hydrogen-bond donors (Lipinski definition) is 2. The standard InChI is InChI=1S/C33H44N8O4S/c1-37(46(3,43)44)30-8-5-4-7-28(30)31-12-10-27-24-34-33(36-41(27)31)35-29-11-9-26(23-32(29)45-2)40-17-13-25(14-18-40)39-16-6-15-38(19-20-39)21-22-42/h4-5,7-12,23-25,42H,6,13-22H2,1-3H3,(H,35,36). The zero-order chi connectivity index (χ0) is 32.3. The minimum atomic E-state index is -3.45. The highest BCUT2D eigenvalue weighted by atomic mass is 32.2. The molecule has 2 aromatic heterocycles. The summed E-state index contributed by atoms with van der Waals surface area (Å²) in [6.45, 7) is 7.28. The van der Waals surface area contributed by atoms with Gasteiger partial charge in [0.15, 0.2) is 0 Å². The van der Waals surface area contributed by atoms with Gasteiger partial charge in [-0.2, -0.15) is 0 Å². The van der Waals surface area contributed by atoms with Crippen LogP contribution in [0.2, 0.25) is 0 Å². The third-order valence-electron chi connectivity index (χ3n) is 9.23. The number of rotatable bonds is 10. The molecule has 0 bridgehead atoms. The van der Waals surface area contributed by atoms with Crippen LogP contribution in [-0.4, -0.2) is 117 Å². The number of nitrogens with zero attached hydrogens (tertiary/aromatic N) is 7. The first-order chi connectivity index (χ1) is 22.2. The first kappa shape index (κ1) is 32.0. The molecule has 2 saturated heterocycles. The van der Waals surface area contributed by atoms with Gasteiger partial charge in [0.05, 0.1) is 48.8 Å². The molecule has 0 atom stereocenters. The van der Waals surface area contributed by atoms with Crippen molar-refractivity contribution in [2.24, 2.45) is 0 Å². The van der Waals surface area contributed by atoms with E-state index in [0.717, 1.165) is 93.2 Å². The van der Waals surface area contributed by atoms with Crippen molar-refractivity contribution in [2.75, 3.05) is 87.4 Å². The van der Waals surface area contributed by atoms with Crippen molar-refractivity contribution in [1.29, 1.82) is 0 Å². The molecular formula is C33H44N8O4S. The van der Waals surface area contributed by atoms with E-state index in [1.807, 2.05) is 36.4 Å². The molecular weight excluding hydrogens is 604 g/mol. The Kier molecular flexibility index (Phi) is 9.64. The van der Waals surface area contributed by atoms with Gasteiger partial charge in [0.25, 0.3) is 0 Å². The minimum absolute atomic E-state index is 0.231. The van der Waals surface area contributed by atoms with Crippen LogP contribution in [0.25, 0.3) is 16.8 Å². The highest BCUT2D eigenvalue weighted by Gasteiger charge is 2.27. The summed E-state index contributed by atoms with van der Waals surface area (Å²) in [6, 6.07) is 18.0. The van der Waals surface area contributed by atoms with Crippen LogP contribution in [0.1, 0.15) is 19.3 Å². The number of aromatic nitrogens is 3. The molecule has 2 aliphatic rings. The van der Waals surface area contributed by atoms with E-state index in [9.17, 15) is 13.5 Å². The van der Waals surface area contributed by atoms with Crippen LogP contribution in [0, 0.1) is 0 Å². The fourth-order valence-corrected chi connectivity index (χ4v) is 7.13. The topological polar surface area (TPSA) is 119 Å². The van der Waals surface area contributed by atoms with Crippen molar-refractivity contribution in [1.82, 2.24) is 24.4 Å². The molecule has 2 N–H and O–H groups in total. The Labute approximate surface area is 271 Å². The van der Waals surface area contributed by atoms with Gasteiger partial charge in [-0.25, -0.2) is 17.9 Å². The van der Waals surface area contributed by atoms with Crippen molar-refractivity contribution in [3.05, 3.63) is 60.8 Å². The van der Waals surface area contributed by atoms with Gasteiger partial charge in [-0.05, 0) is 62.7 Å². The van der Waals surface area contributed by atoms with Crippen LogP contribution in [0.3, 0.4) is 0 Å². The van der Waals surface area contributed by atoms with E-state index in [0.29, 0.717) is 23.4 Å². The molecule has 246 valence electrons. The van der Waals surface area contributed by atoms with Crippen molar-refractivity contribution in [2.45, 2.75) is 25.3 Å². The van der Waals surface area contributed by atoms with Gasteiger partial charge in [-0.1, -0.05) is 18.2 Å². The Morgan fingerprint density at radius 3 is 2.59 bits per heavy atom. The zero-order valence-electron chi connectivity index (χ0n) is 26.8. The number of methoxy groups -OCH3 is 1. The van der Waals surface area contributed by atoms with Crippen LogP contribution in [-0.2, 0) is 10.0 Å². The Bertz CT molecular complexity index is 1760. The maximum absolute atomic E-state index is 12.3. The molecule has 46 heavy (non-hydrogen) atoms. The number of fused-ring (bicyclic) bond motifs is 1. The van der Waals surface area contributed by atoms with Crippen LogP contribution >= 0.6 is 0 Å². The average Bonchev–Trinajstić information content (AvgIpc) is 3.34. The first-order valence-electron chi connectivity index (χ1n) is 15.9. The molecule has 0 saturated carbocycles. The van der Waals surface area contributed by atoms with Gasteiger partial charge in [0.2, 0.25) is 16.0 Å². The Hall–Kier alpha value is -3.91. The molecule has 6 rings (SSSR count). The third kappa shape index (κ3) is 6.92. The number of benzene rings is 2. The normalized spacial score (nSPS) is 17.3. The fourth-order valence-electron chi connectivity index (χ4n) is 6.62. The van der Waals surface area contributed by atoms with Gasteiger partial charge in [0.1, 0.15) is 5.75 Å². The second-order valence-corrected chi connectivity index (χ2v) is 14.1. The summed E-state index contributed by atoms with van der Waals surface area (Å²) in [5, 5.41) is 17.4. The Morgan fingerprint density at radius 1 is 1.02 bits per heavy atom. The molecule has 0 spiro atoms. The van der Waals surface area contributed by atoms with Gasteiger partial charge < -0.3 is 20.1 Å². The maximum Gasteiger partial charge on any atom is 0.245 e. The largest absolute Gasteiger partial charge is 0.494 e. The first-order valence-corrected chi connectivity index (χ1v) is 17.8. The molecule has 0 radical (unpaired) electrons. The molecule has 4 aromatic rings. The van der Waals surface area contributed by atoms with E-state index in [-0.39, 0.29) is 6.61 Å². The van der Waals surface area contributed by atoms with E-state index in [1.165, 1.54) is 10.6 Å². The van der Waals surface area contributed by atoms with Gasteiger partial charge in [0, 0.05) is 63.1 Å². The number of ether oxygens (including phenoxy) is 1. The lowest BCUT2D eigenvalue weighted by molar-refractivity contribution is 0.164. The average molecular weight is 649 g/mol. The summed E-state index contributed by atoms with van der Waals surface area (Å²) in [7, 11) is -0.238. The fraction of sp³-hybridized carbons (Fsp3) is 0.455. The molecule has 2 aromatic carbocycles. The number of aliphatic hydroxyl groups is 1. The van der Waals surface area contributed by atoms with Gasteiger partial charge >= 0.3 is 0 Å². The van der Waals surface area contributed by atoms with Crippen LogP contribution < -0.4 is 19.3 Å². The Balaban J connectivity index is 1.16. The summed E-state index contributed by atoms with van der Waals surface area (Å²) in [6.07, 6.45) is 6.33. The second-order valence-electron chi connectivity index (χ2n) is 12.1. The van der Waals surface area contributed by atoms with E-state index >= 15 is 0 Å². The van der Waals surface area contributed by atoms with Crippen LogP contribution in [0.5, 0.6) is 5.75 Å². The van der Waals surface area contributed by atoms with Crippen molar-refractivity contribution in [3.63, 3.8) is 0 Å². The Morgan fingerprint density at radius 2 is 1.83 bits per heavy atom. The lowest BCUT2D eigenvalue weighted by atomic mass is 10.0. The second kappa shape index (κ2) is 13.8. The lowest BCUT2D eigenvalue weighted by Gasteiger charge is -2.39. The molecule has 0 aliphatic carbocycles. The number of β-amino-alcohol motifs (C(OH)–C–C–N with tert-alkyl or cyclic N) is 1. The number of nitrogens with one attached hydrogen (secondary N) is 1. The van der Waals surface area contributed by atoms with E-state index in [1.54, 1.807) is 30.9 Å². The molecule has 0 unspecified atom stereocenters. The SMILES string of the molecule is COc1cc(N2CCC(N3CCCN(CCO)CC3)CC2)ccc1Nc1ncc2ccc(-c3ccccc3N(C)S(C)(=O)=O)n2n1. The maximum atomic E-state index is 12.3. The number of sulfonamides is 1. The molecule has 2 aliphatic heterocycles. The quantitative estimate of drug-likeness (QED) is 0.265.